The van der Waals surface area contributed by atoms with Crippen molar-refractivity contribution in [1.82, 2.24) is 0 Å². The topological polar surface area (TPSA) is 55.8 Å². The summed E-state index contributed by atoms with van der Waals surface area (Å²) in [5.41, 5.74) is -0.801. The fourth-order valence-corrected chi connectivity index (χ4v) is 2.05. The molecule has 0 aromatic rings. The first-order valence-corrected chi connectivity index (χ1v) is 6.14. The van der Waals surface area contributed by atoms with Gasteiger partial charge in [0.1, 0.15) is 12.7 Å². The molecule has 1 N–H and O–H groups in total. The first kappa shape index (κ1) is 13.7. The van der Waals surface area contributed by atoms with E-state index in [1.807, 2.05) is 0 Å². The van der Waals surface area contributed by atoms with Crippen LogP contribution in [-0.2, 0) is 14.3 Å². The van der Waals surface area contributed by atoms with E-state index in [1.54, 1.807) is 0 Å². The van der Waals surface area contributed by atoms with Gasteiger partial charge in [0.05, 0.1) is 5.88 Å². The minimum absolute atomic E-state index is 0.0621. The van der Waals surface area contributed by atoms with Crippen LogP contribution in [0.4, 0.5) is 0 Å². The molecule has 0 aliphatic heterocycles. The van der Waals surface area contributed by atoms with Crippen LogP contribution in [0, 0.1) is 0 Å². The van der Waals surface area contributed by atoms with Gasteiger partial charge in [0.15, 0.2) is 5.60 Å². The van der Waals surface area contributed by atoms with Gasteiger partial charge in [0, 0.05) is 7.11 Å². The molecular formula is C11H19ClO4. The van der Waals surface area contributed by atoms with E-state index in [1.165, 1.54) is 7.11 Å². The van der Waals surface area contributed by atoms with E-state index in [-0.39, 0.29) is 18.5 Å². The monoisotopic (exact) mass is 250 g/mol. The van der Waals surface area contributed by atoms with Crippen LogP contribution in [0.1, 0.15) is 32.1 Å². The molecule has 0 aromatic carbocycles. The van der Waals surface area contributed by atoms with Gasteiger partial charge in [-0.25, -0.2) is 4.79 Å². The van der Waals surface area contributed by atoms with Crippen LogP contribution in [0.3, 0.4) is 0 Å². The number of halogens is 1. The molecule has 0 radical (unpaired) electrons. The van der Waals surface area contributed by atoms with Crippen LogP contribution in [0.5, 0.6) is 0 Å². The van der Waals surface area contributed by atoms with Crippen molar-refractivity contribution in [2.24, 2.45) is 0 Å². The fourth-order valence-electron chi connectivity index (χ4n) is 1.96. The number of ether oxygens (including phenoxy) is 2. The lowest BCUT2D eigenvalue weighted by Gasteiger charge is -2.33. The van der Waals surface area contributed by atoms with Crippen LogP contribution < -0.4 is 0 Å². The van der Waals surface area contributed by atoms with Crippen LogP contribution >= 0.6 is 11.6 Å². The predicted molar refractivity (Wildman–Crippen MR) is 60.5 cm³/mol. The van der Waals surface area contributed by atoms with Crippen LogP contribution in [0.25, 0.3) is 0 Å². The molecule has 0 spiro atoms. The molecule has 1 saturated carbocycles. The Hall–Kier alpha value is -0.320. The lowest BCUT2D eigenvalue weighted by atomic mass is 9.84. The molecule has 1 fully saturated rings. The Morgan fingerprint density at radius 2 is 2.06 bits per heavy atom. The Morgan fingerprint density at radius 1 is 1.44 bits per heavy atom. The highest BCUT2D eigenvalue weighted by atomic mass is 35.5. The number of rotatable bonds is 5. The Morgan fingerprint density at radius 3 is 2.56 bits per heavy atom. The van der Waals surface area contributed by atoms with Gasteiger partial charge in [-0.3, -0.25) is 0 Å². The summed E-state index contributed by atoms with van der Waals surface area (Å²) in [6.07, 6.45) is 3.66. The standard InChI is InChI=1S/C11H19ClO4/c1-15-11(5-3-2-4-6-11)10(14)16-8-9(13)7-12/h9,13H,2-8H2,1H3/t9-/m0/s1. The normalized spacial score (nSPS) is 21.4. The highest BCUT2D eigenvalue weighted by Gasteiger charge is 2.41. The highest BCUT2D eigenvalue weighted by Crippen LogP contribution is 2.32. The number of hydrogen-bond acceptors (Lipinski definition) is 4. The lowest BCUT2D eigenvalue weighted by Crippen LogP contribution is -2.44. The minimum Gasteiger partial charge on any atom is -0.461 e. The van der Waals surface area contributed by atoms with Crippen molar-refractivity contribution in [3.05, 3.63) is 0 Å². The molecule has 0 unspecified atom stereocenters. The molecule has 1 rings (SSSR count). The molecule has 1 atom stereocenters. The SMILES string of the molecule is COC1(C(=O)OC[C@@H](O)CCl)CCCCC1. The summed E-state index contributed by atoms with van der Waals surface area (Å²) in [5.74, 6) is -0.313. The maximum atomic E-state index is 11.9. The summed E-state index contributed by atoms with van der Waals surface area (Å²) in [6, 6.07) is 0. The minimum atomic E-state index is -0.803. The van der Waals surface area contributed by atoms with Crippen molar-refractivity contribution in [2.75, 3.05) is 19.6 Å². The summed E-state index contributed by atoms with van der Waals surface area (Å²) >= 11 is 5.42. The molecular weight excluding hydrogens is 232 g/mol. The fraction of sp³-hybridized carbons (Fsp3) is 0.909. The van der Waals surface area contributed by atoms with E-state index in [9.17, 15) is 9.90 Å². The maximum absolute atomic E-state index is 11.9. The van der Waals surface area contributed by atoms with Crippen molar-refractivity contribution in [1.29, 1.82) is 0 Å². The first-order chi connectivity index (χ1) is 7.64. The second-order valence-electron chi connectivity index (χ2n) is 4.17. The van der Waals surface area contributed by atoms with Crippen molar-refractivity contribution in [3.63, 3.8) is 0 Å². The average Bonchev–Trinajstić information content (AvgIpc) is 2.36. The summed E-state index contributed by atoms with van der Waals surface area (Å²) in [4.78, 5) is 11.9. The number of aliphatic hydroxyl groups excluding tert-OH is 1. The Bertz CT molecular complexity index is 226. The van der Waals surface area contributed by atoms with E-state index in [0.29, 0.717) is 12.8 Å². The molecule has 5 heteroatoms. The van der Waals surface area contributed by atoms with E-state index in [0.717, 1.165) is 19.3 Å². The molecule has 1 aliphatic carbocycles. The maximum Gasteiger partial charge on any atom is 0.338 e. The number of carbonyl (C=O) groups excluding carboxylic acids is 1. The van der Waals surface area contributed by atoms with E-state index in [4.69, 9.17) is 21.1 Å². The zero-order chi connectivity index (χ0) is 12.0. The summed E-state index contributed by atoms with van der Waals surface area (Å²) < 4.78 is 10.3. The van der Waals surface area contributed by atoms with E-state index in [2.05, 4.69) is 0 Å². The Kier molecular flexibility index (Phi) is 5.52. The molecule has 0 aromatic heterocycles. The lowest BCUT2D eigenvalue weighted by molar-refractivity contribution is -0.175. The van der Waals surface area contributed by atoms with Gasteiger partial charge in [-0.1, -0.05) is 6.42 Å². The molecule has 94 valence electrons. The van der Waals surface area contributed by atoms with Gasteiger partial charge in [-0.05, 0) is 25.7 Å². The highest BCUT2D eigenvalue weighted by molar-refractivity contribution is 6.18. The Labute approximate surface area is 101 Å². The number of carbonyl (C=O) groups is 1. The predicted octanol–water partition coefficient (Wildman–Crippen LogP) is 1.48. The van der Waals surface area contributed by atoms with Crippen LogP contribution in [-0.4, -0.2) is 42.4 Å². The number of methoxy groups -OCH3 is 1. The molecule has 0 bridgehead atoms. The van der Waals surface area contributed by atoms with E-state index < -0.39 is 11.7 Å². The van der Waals surface area contributed by atoms with Crippen molar-refractivity contribution < 1.29 is 19.4 Å². The van der Waals surface area contributed by atoms with Gasteiger partial charge in [-0.2, -0.15) is 0 Å². The summed E-state index contributed by atoms with van der Waals surface area (Å²) in [5, 5.41) is 9.21. The van der Waals surface area contributed by atoms with Crippen molar-refractivity contribution in [2.45, 2.75) is 43.8 Å². The van der Waals surface area contributed by atoms with Crippen molar-refractivity contribution >= 4 is 17.6 Å². The van der Waals surface area contributed by atoms with Gasteiger partial charge in [0.2, 0.25) is 0 Å². The third-order valence-electron chi connectivity index (χ3n) is 3.01. The zero-order valence-corrected chi connectivity index (χ0v) is 10.3. The van der Waals surface area contributed by atoms with Crippen molar-refractivity contribution in [3.8, 4) is 0 Å². The molecule has 1 aliphatic rings. The number of alkyl halides is 1. The molecule has 0 saturated heterocycles. The first-order valence-electron chi connectivity index (χ1n) is 5.61. The molecule has 0 amide bonds. The molecule has 4 nitrogen and oxygen atoms in total. The molecule has 0 heterocycles. The second kappa shape index (κ2) is 6.42. The summed E-state index contributed by atoms with van der Waals surface area (Å²) in [6.45, 7) is -0.0621. The third-order valence-corrected chi connectivity index (χ3v) is 3.37. The van der Waals surface area contributed by atoms with Gasteiger partial charge >= 0.3 is 5.97 Å². The summed E-state index contributed by atoms with van der Waals surface area (Å²) in [7, 11) is 1.53. The average molecular weight is 251 g/mol. The smallest absolute Gasteiger partial charge is 0.338 e. The number of aliphatic hydroxyl groups is 1. The molecule has 16 heavy (non-hydrogen) atoms. The second-order valence-corrected chi connectivity index (χ2v) is 4.47. The van der Waals surface area contributed by atoms with Gasteiger partial charge < -0.3 is 14.6 Å². The third kappa shape index (κ3) is 3.34. The number of esters is 1. The van der Waals surface area contributed by atoms with Gasteiger partial charge in [0.25, 0.3) is 0 Å². The number of hydrogen-bond donors (Lipinski definition) is 1. The van der Waals surface area contributed by atoms with Gasteiger partial charge in [-0.15, -0.1) is 11.6 Å². The van der Waals surface area contributed by atoms with Crippen LogP contribution in [0.15, 0.2) is 0 Å². The zero-order valence-electron chi connectivity index (χ0n) is 9.58. The Balaban J connectivity index is 2.48. The van der Waals surface area contributed by atoms with E-state index >= 15 is 0 Å². The largest absolute Gasteiger partial charge is 0.461 e. The quantitative estimate of drug-likeness (QED) is 0.593. The van der Waals surface area contributed by atoms with Crippen LogP contribution in [0.2, 0.25) is 0 Å².